The van der Waals surface area contributed by atoms with Crippen LogP contribution in [0.5, 0.6) is 0 Å². The van der Waals surface area contributed by atoms with Crippen molar-refractivity contribution >= 4 is 29.2 Å². The molecule has 86 valence electrons. The summed E-state index contributed by atoms with van der Waals surface area (Å²) >= 11 is 11.1. The Balaban J connectivity index is 2.51. The van der Waals surface area contributed by atoms with Gasteiger partial charge in [0.05, 0.1) is 5.02 Å². The van der Waals surface area contributed by atoms with Crippen molar-refractivity contribution < 1.29 is 18.7 Å². The van der Waals surface area contributed by atoms with Gasteiger partial charge in [0.2, 0.25) is 0 Å². The van der Waals surface area contributed by atoms with E-state index >= 15 is 0 Å². The van der Waals surface area contributed by atoms with Gasteiger partial charge in [-0.25, -0.2) is 13.8 Å². The zero-order valence-electron chi connectivity index (χ0n) is 7.68. The van der Waals surface area contributed by atoms with Crippen molar-refractivity contribution in [1.82, 2.24) is 4.98 Å². The standard InChI is InChI=1S/C9H5Cl2F2NO2/c10-5-1-4(2-14-6(5)11)8(7(15)16)3-9(8,12)13/h1-2H,3H2,(H,15,16). The van der Waals surface area contributed by atoms with E-state index in [1.54, 1.807) is 0 Å². The molecule has 1 atom stereocenters. The molecular formula is C9H5Cl2F2NO2. The van der Waals surface area contributed by atoms with Crippen LogP contribution < -0.4 is 0 Å². The average molecular weight is 268 g/mol. The van der Waals surface area contributed by atoms with Crippen LogP contribution in [0.1, 0.15) is 12.0 Å². The van der Waals surface area contributed by atoms with E-state index in [4.69, 9.17) is 28.3 Å². The number of aromatic nitrogens is 1. The van der Waals surface area contributed by atoms with Crippen LogP contribution in [0, 0.1) is 0 Å². The van der Waals surface area contributed by atoms with E-state index in [0.717, 1.165) is 12.3 Å². The maximum absolute atomic E-state index is 13.1. The molecule has 0 saturated heterocycles. The molecule has 7 heteroatoms. The van der Waals surface area contributed by atoms with Crippen LogP contribution in [-0.4, -0.2) is 22.0 Å². The minimum Gasteiger partial charge on any atom is -0.480 e. The van der Waals surface area contributed by atoms with E-state index in [2.05, 4.69) is 4.98 Å². The predicted octanol–water partition coefficient (Wildman–Crippen LogP) is 2.75. The number of rotatable bonds is 2. The van der Waals surface area contributed by atoms with Crippen LogP contribution in [0.25, 0.3) is 0 Å². The summed E-state index contributed by atoms with van der Waals surface area (Å²) < 4.78 is 26.3. The van der Waals surface area contributed by atoms with Crippen LogP contribution in [0.3, 0.4) is 0 Å². The van der Waals surface area contributed by atoms with Crippen LogP contribution >= 0.6 is 23.2 Å². The Hall–Kier alpha value is -0.940. The fourth-order valence-electron chi connectivity index (χ4n) is 1.61. The average Bonchev–Trinajstić information content (AvgIpc) is 2.75. The predicted molar refractivity (Wildman–Crippen MR) is 53.1 cm³/mol. The minimum absolute atomic E-state index is 0.0394. The highest BCUT2D eigenvalue weighted by molar-refractivity contribution is 6.41. The van der Waals surface area contributed by atoms with E-state index in [1.807, 2.05) is 0 Å². The molecule has 1 unspecified atom stereocenters. The maximum atomic E-state index is 13.1. The molecule has 0 aliphatic heterocycles. The van der Waals surface area contributed by atoms with Gasteiger partial charge in [-0.1, -0.05) is 23.2 Å². The Kier molecular flexibility index (Phi) is 2.36. The Morgan fingerprint density at radius 3 is 2.44 bits per heavy atom. The molecule has 0 aromatic carbocycles. The molecule has 1 aromatic heterocycles. The van der Waals surface area contributed by atoms with E-state index in [9.17, 15) is 13.6 Å². The summed E-state index contributed by atoms with van der Waals surface area (Å²) in [5.74, 6) is -4.85. The van der Waals surface area contributed by atoms with E-state index in [-0.39, 0.29) is 15.7 Å². The molecule has 1 fully saturated rings. The van der Waals surface area contributed by atoms with Crippen molar-refractivity contribution in [3.63, 3.8) is 0 Å². The van der Waals surface area contributed by atoms with Crippen molar-refractivity contribution in [2.75, 3.05) is 0 Å². The molecule has 1 heterocycles. The van der Waals surface area contributed by atoms with Crippen LogP contribution in [0.4, 0.5) is 8.78 Å². The van der Waals surface area contributed by atoms with Gasteiger partial charge in [-0.05, 0) is 11.6 Å². The highest BCUT2D eigenvalue weighted by Crippen LogP contribution is 2.61. The summed E-state index contributed by atoms with van der Waals surface area (Å²) in [6, 6.07) is 1.12. The third-order valence-electron chi connectivity index (χ3n) is 2.64. The minimum atomic E-state index is -3.27. The highest BCUT2D eigenvalue weighted by Gasteiger charge is 2.77. The topological polar surface area (TPSA) is 50.2 Å². The number of halogens is 4. The lowest BCUT2D eigenvalue weighted by molar-refractivity contribution is -0.142. The Morgan fingerprint density at radius 2 is 2.06 bits per heavy atom. The lowest BCUT2D eigenvalue weighted by Crippen LogP contribution is -2.27. The number of carboxylic acids is 1. The molecule has 0 bridgehead atoms. The Labute approximate surface area is 99.0 Å². The normalized spacial score (nSPS) is 26.5. The lowest BCUT2D eigenvalue weighted by atomic mass is 9.97. The van der Waals surface area contributed by atoms with E-state index in [0.29, 0.717) is 0 Å². The van der Waals surface area contributed by atoms with Gasteiger partial charge in [0.1, 0.15) is 5.15 Å². The van der Waals surface area contributed by atoms with Gasteiger partial charge in [0.25, 0.3) is 5.92 Å². The van der Waals surface area contributed by atoms with Crippen LogP contribution in [0.2, 0.25) is 10.2 Å². The third-order valence-corrected chi connectivity index (χ3v) is 3.33. The largest absolute Gasteiger partial charge is 0.480 e. The number of nitrogens with zero attached hydrogens (tertiary/aromatic N) is 1. The molecule has 16 heavy (non-hydrogen) atoms. The summed E-state index contributed by atoms with van der Waals surface area (Å²) in [4.78, 5) is 14.5. The van der Waals surface area contributed by atoms with E-state index in [1.165, 1.54) is 0 Å². The number of carboxylic acid groups (broad SMARTS) is 1. The fraction of sp³-hybridized carbons (Fsp3) is 0.333. The van der Waals surface area contributed by atoms with Crippen molar-refractivity contribution in [2.24, 2.45) is 0 Å². The molecule has 0 spiro atoms. The molecule has 1 aliphatic rings. The fourth-order valence-corrected chi connectivity index (χ4v) is 1.88. The van der Waals surface area contributed by atoms with Gasteiger partial charge in [-0.15, -0.1) is 0 Å². The zero-order chi connectivity index (χ0) is 12.1. The molecule has 1 aromatic rings. The number of alkyl halides is 2. The second-order valence-corrected chi connectivity index (χ2v) is 4.35. The number of hydrogen-bond donors (Lipinski definition) is 1. The van der Waals surface area contributed by atoms with Gasteiger partial charge < -0.3 is 5.11 Å². The van der Waals surface area contributed by atoms with Crippen LogP contribution in [-0.2, 0) is 10.2 Å². The summed E-state index contributed by atoms with van der Waals surface area (Å²) in [5.41, 5.74) is -2.33. The first kappa shape index (κ1) is 11.5. The smallest absolute Gasteiger partial charge is 0.320 e. The number of hydrogen-bond acceptors (Lipinski definition) is 2. The highest BCUT2D eigenvalue weighted by atomic mass is 35.5. The second-order valence-electron chi connectivity index (χ2n) is 3.59. The first-order valence-electron chi connectivity index (χ1n) is 4.24. The molecule has 0 amide bonds. The Bertz CT molecular complexity index is 481. The van der Waals surface area contributed by atoms with Crippen molar-refractivity contribution in [2.45, 2.75) is 17.8 Å². The second kappa shape index (κ2) is 3.28. The molecular weight excluding hydrogens is 263 g/mol. The molecule has 0 radical (unpaired) electrons. The van der Waals surface area contributed by atoms with Crippen LogP contribution in [0.15, 0.2) is 12.3 Å². The molecule has 1 saturated carbocycles. The van der Waals surface area contributed by atoms with Gasteiger partial charge in [0, 0.05) is 12.6 Å². The summed E-state index contributed by atoms with van der Waals surface area (Å²) in [7, 11) is 0. The quantitative estimate of drug-likeness (QED) is 0.839. The number of pyridine rings is 1. The Morgan fingerprint density at radius 1 is 1.50 bits per heavy atom. The third kappa shape index (κ3) is 1.38. The molecule has 2 rings (SSSR count). The van der Waals surface area contributed by atoms with Crippen molar-refractivity contribution in [3.05, 3.63) is 28.0 Å². The summed E-state index contributed by atoms with van der Waals surface area (Å²) in [6.07, 6.45) is 0.276. The SMILES string of the molecule is O=C(O)C1(c2cnc(Cl)c(Cl)c2)CC1(F)F. The first-order valence-corrected chi connectivity index (χ1v) is 4.99. The summed E-state index contributed by atoms with van der Waals surface area (Å²) in [5, 5.41) is 8.78. The molecule has 1 aliphatic carbocycles. The van der Waals surface area contributed by atoms with E-state index < -0.39 is 23.7 Å². The lowest BCUT2D eigenvalue weighted by Gasteiger charge is -2.11. The number of carbonyl (C=O) groups is 1. The van der Waals surface area contributed by atoms with Gasteiger partial charge >= 0.3 is 5.97 Å². The van der Waals surface area contributed by atoms with Gasteiger partial charge in [0.15, 0.2) is 5.41 Å². The summed E-state index contributed by atoms with van der Waals surface area (Å²) in [6.45, 7) is 0. The van der Waals surface area contributed by atoms with Crippen molar-refractivity contribution in [3.8, 4) is 0 Å². The monoisotopic (exact) mass is 267 g/mol. The van der Waals surface area contributed by atoms with Gasteiger partial charge in [-0.2, -0.15) is 0 Å². The molecule has 3 nitrogen and oxygen atoms in total. The zero-order valence-corrected chi connectivity index (χ0v) is 9.19. The number of aliphatic carboxylic acids is 1. The maximum Gasteiger partial charge on any atom is 0.320 e. The first-order chi connectivity index (χ1) is 7.31. The van der Waals surface area contributed by atoms with Gasteiger partial charge in [-0.3, -0.25) is 4.79 Å². The molecule has 1 N–H and O–H groups in total. The van der Waals surface area contributed by atoms with Crippen molar-refractivity contribution in [1.29, 1.82) is 0 Å².